The van der Waals surface area contributed by atoms with Gasteiger partial charge in [-0.15, -0.1) is 0 Å². The fourth-order valence-electron chi connectivity index (χ4n) is 3.51. The molecule has 2 fully saturated rings. The van der Waals surface area contributed by atoms with Crippen molar-refractivity contribution in [3.05, 3.63) is 35.6 Å². The Balaban J connectivity index is 1.75. The van der Waals surface area contributed by atoms with Gasteiger partial charge in [0, 0.05) is 12.6 Å². The van der Waals surface area contributed by atoms with E-state index < -0.39 is 0 Å². The number of rotatable bonds is 5. The number of ether oxygens (including phenoxy) is 1. The van der Waals surface area contributed by atoms with Crippen LogP contribution in [0.5, 0.6) is 0 Å². The Hall–Kier alpha value is -0.970. The van der Waals surface area contributed by atoms with Gasteiger partial charge < -0.3 is 10.1 Å². The quantitative estimate of drug-likeness (QED) is 0.903. The summed E-state index contributed by atoms with van der Waals surface area (Å²) >= 11 is 0. The Labute approximate surface area is 126 Å². The molecule has 1 aromatic carbocycles. The average molecular weight is 292 g/mol. The third kappa shape index (κ3) is 3.44. The van der Waals surface area contributed by atoms with Crippen molar-refractivity contribution in [2.75, 3.05) is 26.2 Å². The number of morpholine rings is 1. The summed E-state index contributed by atoms with van der Waals surface area (Å²) in [6, 6.07) is 7.58. The molecule has 0 aliphatic carbocycles. The molecule has 1 aromatic rings. The number of fused-ring (bicyclic) bond motifs is 1. The van der Waals surface area contributed by atoms with Crippen molar-refractivity contribution in [3.63, 3.8) is 0 Å². The molecule has 0 saturated carbocycles. The lowest BCUT2D eigenvalue weighted by atomic mass is 9.99. The fraction of sp³-hybridized carbons (Fsp3) is 0.647. The van der Waals surface area contributed by atoms with Gasteiger partial charge in [0.1, 0.15) is 5.82 Å². The minimum atomic E-state index is -0.175. The number of halogens is 1. The number of benzene rings is 1. The summed E-state index contributed by atoms with van der Waals surface area (Å²) in [5, 5.41) is 3.54. The molecule has 0 bridgehead atoms. The topological polar surface area (TPSA) is 24.5 Å². The van der Waals surface area contributed by atoms with Gasteiger partial charge in [0.05, 0.1) is 18.8 Å². The molecule has 2 saturated heterocycles. The summed E-state index contributed by atoms with van der Waals surface area (Å²) in [5.74, 6) is -0.175. The second-order valence-corrected chi connectivity index (χ2v) is 6.15. The van der Waals surface area contributed by atoms with E-state index >= 15 is 0 Å². The highest BCUT2D eigenvalue weighted by atomic mass is 19.1. The predicted octanol–water partition coefficient (Wildman–Crippen LogP) is 2.73. The molecule has 3 nitrogen and oxygen atoms in total. The van der Waals surface area contributed by atoms with Crippen molar-refractivity contribution >= 4 is 0 Å². The molecule has 3 rings (SSSR count). The van der Waals surface area contributed by atoms with Crippen LogP contribution in [0.1, 0.15) is 37.8 Å². The van der Waals surface area contributed by atoms with Gasteiger partial charge in [-0.05, 0) is 50.0 Å². The SMILES string of the molecule is CCCNC(c1cccc(F)c1)C1CN2CCCC2CO1. The first-order chi connectivity index (χ1) is 10.3. The van der Waals surface area contributed by atoms with Crippen LogP contribution >= 0.6 is 0 Å². The third-order valence-corrected chi connectivity index (χ3v) is 4.61. The van der Waals surface area contributed by atoms with Crippen molar-refractivity contribution in [1.29, 1.82) is 0 Å². The Morgan fingerprint density at radius 2 is 2.38 bits per heavy atom. The smallest absolute Gasteiger partial charge is 0.123 e. The van der Waals surface area contributed by atoms with E-state index in [1.807, 2.05) is 6.07 Å². The van der Waals surface area contributed by atoms with E-state index in [2.05, 4.69) is 17.1 Å². The summed E-state index contributed by atoms with van der Waals surface area (Å²) in [5.41, 5.74) is 0.992. The van der Waals surface area contributed by atoms with Crippen molar-refractivity contribution in [2.45, 2.75) is 44.4 Å². The maximum absolute atomic E-state index is 13.6. The van der Waals surface area contributed by atoms with E-state index in [0.717, 1.165) is 31.7 Å². The molecule has 2 aliphatic heterocycles. The Morgan fingerprint density at radius 3 is 3.19 bits per heavy atom. The van der Waals surface area contributed by atoms with Crippen LogP contribution in [-0.4, -0.2) is 43.3 Å². The molecule has 3 atom stereocenters. The zero-order chi connectivity index (χ0) is 14.7. The molecule has 1 N–H and O–H groups in total. The van der Waals surface area contributed by atoms with Crippen molar-refractivity contribution in [2.24, 2.45) is 0 Å². The summed E-state index contributed by atoms with van der Waals surface area (Å²) in [6.45, 7) is 6.00. The molecule has 21 heavy (non-hydrogen) atoms. The zero-order valence-electron chi connectivity index (χ0n) is 12.7. The van der Waals surface area contributed by atoms with E-state index in [1.165, 1.54) is 25.5 Å². The highest BCUT2D eigenvalue weighted by molar-refractivity contribution is 5.22. The predicted molar refractivity (Wildman–Crippen MR) is 81.8 cm³/mol. The van der Waals surface area contributed by atoms with Crippen LogP contribution in [0.15, 0.2) is 24.3 Å². The largest absolute Gasteiger partial charge is 0.373 e. The lowest BCUT2D eigenvalue weighted by Crippen LogP contribution is -2.50. The van der Waals surface area contributed by atoms with Gasteiger partial charge in [0.25, 0.3) is 0 Å². The van der Waals surface area contributed by atoms with E-state index in [1.54, 1.807) is 12.1 Å². The second kappa shape index (κ2) is 6.86. The van der Waals surface area contributed by atoms with Gasteiger partial charge in [0.15, 0.2) is 0 Å². The number of nitrogens with one attached hydrogen (secondary N) is 1. The zero-order valence-corrected chi connectivity index (χ0v) is 12.7. The first-order valence-electron chi connectivity index (χ1n) is 8.12. The summed E-state index contributed by atoms with van der Waals surface area (Å²) < 4.78 is 19.7. The van der Waals surface area contributed by atoms with Gasteiger partial charge >= 0.3 is 0 Å². The summed E-state index contributed by atoms with van der Waals surface area (Å²) in [4.78, 5) is 2.54. The van der Waals surface area contributed by atoms with Crippen LogP contribution in [0.3, 0.4) is 0 Å². The lowest BCUT2D eigenvalue weighted by Gasteiger charge is -2.39. The molecule has 0 amide bonds. The fourth-order valence-corrected chi connectivity index (χ4v) is 3.51. The molecular weight excluding hydrogens is 267 g/mol. The van der Waals surface area contributed by atoms with Crippen molar-refractivity contribution in [3.8, 4) is 0 Å². The van der Waals surface area contributed by atoms with Crippen molar-refractivity contribution < 1.29 is 9.13 Å². The summed E-state index contributed by atoms with van der Waals surface area (Å²) in [7, 11) is 0. The Kier molecular flexibility index (Phi) is 4.88. The molecule has 2 aliphatic rings. The second-order valence-electron chi connectivity index (χ2n) is 6.15. The van der Waals surface area contributed by atoms with Gasteiger partial charge in [-0.25, -0.2) is 4.39 Å². The van der Waals surface area contributed by atoms with E-state index in [9.17, 15) is 4.39 Å². The van der Waals surface area contributed by atoms with E-state index in [4.69, 9.17) is 4.74 Å². The minimum Gasteiger partial charge on any atom is -0.373 e. The molecular formula is C17H25FN2O. The molecule has 0 spiro atoms. The van der Waals surface area contributed by atoms with Crippen LogP contribution in [0.2, 0.25) is 0 Å². The molecule has 2 heterocycles. The Morgan fingerprint density at radius 1 is 1.48 bits per heavy atom. The van der Waals surface area contributed by atoms with Crippen LogP contribution in [0, 0.1) is 5.82 Å². The first-order valence-corrected chi connectivity index (χ1v) is 8.12. The number of hydrogen-bond donors (Lipinski definition) is 1. The van der Waals surface area contributed by atoms with Crippen LogP contribution in [-0.2, 0) is 4.74 Å². The highest BCUT2D eigenvalue weighted by Crippen LogP contribution is 2.29. The number of hydrogen-bond acceptors (Lipinski definition) is 3. The van der Waals surface area contributed by atoms with Crippen LogP contribution in [0.4, 0.5) is 4.39 Å². The number of nitrogens with zero attached hydrogens (tertiary/aromatic N) is 1. The highest BCUT2D eigenvalue weighted by Gasteiger charge is 2.36. The summed E-state index contributed by atoms with van der Waals surface area (Å²) in [6.07, 6.45) is 3.69. The van der Waals surface area contributed by atoms with Gasteiger partial charge in [-0.1, -0.05) is 19.1 Å². The molecule has 4 heteroatoms. The van der Waals surface area contributed by atoms with Gasteiger partial charge in [0.2, 0.25) is 0 Å². The lowest BCUT2D eigenvalue weighted by molar-refractivity contribution is -0.0652. The molecule has 3 unspecified atom stereocenters. The van der Waals surface area contributed by atoms with Gasteiger partial charge in [-0.2, -0.15) is 0 Å². The maximum Gasteiger partial charge on any atom is 0.123 e. The maximum atomic E-state index is 13.6. The Bertz CT molecular complexity index is 468. The monoisotopic (exact) mass is 292 g/mol. The van der Waals surface area contributed by atoms with E-state index in [0.29, 0.717) is 6.04 Å². The third-order valence-electron chi connectivity index (χ3n) is 4.61. The molecule has 116 valence electrons. The van der Waals surface area contributed by atoms with Gasteiger partial charge in [-0.3, -0.25) is 4.90 Å². The molecule has 0 aromatic heterocycles. The van der Waals surface area contributed by atoms with Crippen molar-refractivity contribution in [1.82, 2.24) is 10.2 Å². The average Bonchev–Trinajstić information content (AvgIpc) is 2.95. The van der Waals surface area contributed by atoms with Crippen LogP contribution < -0.4 is 5.32 Å². The van der Waals surface area contributed by atoms with Crippen LogP contribution in [0.25, 0.3) is 0 Å². The minimum absolute atomic E-state index is 0.0715. The normalized spacial score (nSPS) is 27.5. The van der Waals surface area contributed by atoms with E-state index in [-0.39, 0.29) is 18.0 Å². The standard InChI is InChI=1S/C17H25FN2O/c1-2-8-19-17(13-5-3-6-14(18)10-13)16-11-20-9-4-7-15(20)12-21-16/h3,5-6,10,15-17,19H,2,4,7-9,11-12H2,1H3. The first kappa shape index (κ1) is 14.9. The molecule has 0 radical (unpaired) electrons.